The number of benzene rings is 1. The highest BCUT2D eigenvalue weighted by atomic mass is 15.3. The first-order valence-corrected chi connectivity index (χ1v) is 8.53. The number of rotatable bonds is 3. The van der Waals surface area contributed by atoms with Crippen LogP contribution in [0.4, 0.5) is 11.8 Å². The normalized spacial score (nSPS) is 17.0. The van der Waals surface area contributed by atoms with Gasteiger partial charge in [-0.25, -0.2) is 9.97 Å². The van der Waals surface area contributed by atoms with Gasteiger partial charge in [0.05, 0.1) is 0 Å². The van der Waals surface area contributed by atoms with Crippen LogP contribution in [0.15, 0.2) is 36.8 Å². The van der Waals surface area contributed by atoms with Crippen LogP contribution in [0.25, 0.3) is 11.4 Å². The Morgan fingerprint density at radius 3 is 2.96 bits per heavy atom. The van der Waals surface area contributed by atoms with Gasteiger partial charge in [-0.15, -0.1) is 0 Å². The third-order valence-electron chi connectivity index (χ3n) is 4.54. The molecule has 25 heavy (non-hydrogen) atoms. The van der Waals surface area contributed by atoms with E-state index in [0.717, 1.165) is 18.4 Å². The van der Waals surface area contributed by atoms with Crippen molar-refractivity contribution in [2.24, 2.45) is 12.8 Å². The van der Waals surface area contributed by atoms with E-state index in [2.05, 4.69) is 37.5 Å². The van der Waals surface area contributed by atoms with Crippen molar-refractivity contribution in [3.05, 3.63) is 47.9 Å². The lowest BCUT2D eigenvalue weighted by molar-refractivity contribution is 0.615. The highest BCUT2D eigenvalue weighted by molar-refractivity contribution is 5.59. The number of hydrogen-bond acceptors (Lipinski definition) is 6. The fourth-order valence-corrected chi connectivity index (χ4v) is 3.25. The zero-order valence-electron chi connectivity index (χ0n) is 14.2. The van der Waals surface area contributed by atoms with Crippen molar-refractivity contribution in [3.8, 4) is 11.4 Å². The molecule has 0 aliphatic heterocycles. The first kappa shape index (κ1) is 15.7. The second-order valence-corrected chi connectivity index (χ2v) is 6.40. The van der Waals surface area contributed by atoms with Gasteiger partial charge in [0.25, 0.3) is 0 Å². The lowest BCUT2D eigenvalue weighted by Gasteiger charge is -2.13. The van der Waals surface area contributed by atoms with E-state index in [1.807, 2.05) is 25.4 Å². The summed E-state index contributed by atoms with van der Waals surface area (Å²) in [5.74, 6) is 1.83. The zero-order chi connectivity index (χ0) is 17.2. The van der Waals surface area contributed by atoms with E-state index in [1.165, 1.54) is 30.3 Å². The largest absolute Gasteiger partial charge is 0.324 e. The highest BCUT2D eigenvalue weighted by Crippen LogP contribution is 2.30. The van der Waals surface area contributed by atoms with E-state index in [0.29, 0.717) is 17.6 Å². The summed E-state index contributed by atoms with van der Waals surface area (Å²) in [6.45, 7) is 0. The number of fused-ring (bicyclic) bond motifs is 1. The lowest BCUT2D eigenvalue weighted by Crippen LogP contribution is -2.10. The third kappa shape index (κ3) is 3.36. The molecule has 2 heterocycles. The molecule has 0 bridgehead atoms. The highest BCUT2D eigenvalue weighted by Gasteiger charge is 2.16. The van der Waals surface area contributed by atoms with Crippen molar-refractivity contribution in [3.63, 3.8) is 0 Å². The zero-order valence-corrected chi connectivity index (χ0v) is 14.2. The molecule has 2 aromatic heterocycles. The molecule has 0 radical (unpaired) electrons. The van der Waals surface area contributed by atoms with Gasteiger partial charge >= 0.3 is 0 Å². The van der Waals surface area contributed by atoms with Crippen molar-refractivity contribution in [2.45, 2.75) is 31.7 Å². The minimum atomic E-state index is 0.131. The van der Waals surface area contributed by atoms with Gasteiger partial charge in [0, 0.05) is 30.9 Å². The molecular weight excluding hydrogens is 314 g/mol. The van der Waals surface area contributed by atoms with Crippen LogP contribution in [0.2, 0.25) is 0 Å². The predicted octanol–water partition coefficient (Wildman–Crippen LogP) is 2.74. The first-order valence-electron chi connectivity index (χ1n) is 8.53. The molecule has 0 unspecified atom stereocenters. The molecule has 0 saturated carbocycles. The molecule has 7 nitrogen and oxygen atoms in total. The Morgan fingerprint density at radius 1 is 1.20 bits per heavy atom. The fourth-order valence-electron chi connectivity index (χ4n) is 3.25. The maximum absolute atomic E-state index is 6.29. The van der Waals surface area contributed by atoms with Crippen LogP contribution in [0.1, 0.15) is 36.4 Å². The minimum absolute atomic E-state index is 0.131. The van der Waals surface area contributed by atoms with Gasteiger partial charge in [-0.2, -0.15) is 10.1 Å². The molecule has 0 fully saturated rings. The Balaban J connectivity index is 1.63. The van der Waals surface area contributed by atoms with Gasteiger partial charge in [-0.1, -0.05) is 18.6 Å². The third-order valence-corrected chi connectivity index (χ3v) is 4.54. The smallest absolute Gasteiger partial charge is 0.231 e. The summed E-state index contributed by atoms with van der Waals surface area (Å²) in [5.41, 5.74) is 9.83. The van der Waals surface area contributed by atoms with Gasteiger partial charge < -0.3 is 11.1 Å². The summed E-state index contributed by atoms with van der Waals surface area (Å²) < 4.78 is 1.72. The number of anilines is 2. The Morgan fingerprint density at radius 2 is 2.12 bits per heavy atom. The van der Waals surface area contributed by atoms with Crippen molar-refractivity contribution in [1.82, 2.24) is 24.7 Å². The topological polar surface area (TPSA) is 94.5 Å². The number of aromatic nitrogens is 5. The Kier molecular flexibility index (Phi) is 4.15. The van der Waals surface area contributed by atoms with E-state index in [-0.39, 0.29) is 6.04 Å². The van der Waals surface area contributed by atoms with Gasteiger partial charge in [-0.3, -0.25) is 4.68 Å². The van der Waals surface area contributed by atoms with Crippen molar-refractivity contribution >= 4 is 11.8 Å². The van der Waals surface area contributed by atoms with E-state index in [1.54, 1.807) is 4.68 Å². The molecule has 1 aliphatic carbocycles. The van der Waals surface area contributed by atoms with Crippen LogP contribution < -0.4 is 11.1 Å². The van der Waals surface area contributed by atoms with E-state index >= 15 is 0 Å². The molecule has 7 heteroatoms. The van der Waals surface area contributed by atoms with Crippen LogP contribution in [0.5, 0.6) is 0 Å². The Hall–Kier alpha value is -2.80. The molecule has 3 aromatic rings. The minimum Gasteiger partial charge on any atom is -0.324 e. The van der Waals surface area contributed by atoms with Crippen molar-refractivity contribution in [1.29, 1.82) is 0 Å². The summed E-state index contributed by atoms with van der Waals surface area (Å²) in [6, 6.07) is 8.33. The number of aryl methyl sites for hydroxylation is 2. The lowest BCUT2D eigenvalue weighted by atomic mass is 9.97. The van der Waals surface area contributed by atoms with Crippen LogP contribution in [-0.4, -0.2) is 24.7 Å². The summed E-state index contributed by atoms with van der Waals surface area (Å²) >= 11 is 0. The first-order chi connectivity index (χ1) is 12.2. The predicted molar refractivity (Wildman–Crippen MR) is 96.2 cm³/mol. The van der Waals surface area contributed by atoms with Crippen LogP contribution in [0.3, 0.4) is 0 Å². The summed E-state index contributed by atoms with van der Waals surface area (Å²) in [4.78, 5) is 13.0. The molecule has 0 amide bonds. The molecule has 1 aromatic carbocycles. The molecule has 0 saturated heterocycles. The Labute approximate surface area is 146 Å². The van der Waals surface area contributed by atoms with Crippen LogP contribution >= 0.6 is 0 Å². The number of nitrogens with zero attached hydrogens (tertiary/aromatic N) is 5. The standard InChI is InChI=1S/C18H21N7/c1-25-9-8-16(24-25)22-18-21-11-20-17(23-18)13-6-7-14-12(10-13)4-2-3-5-15(14)19/h6-11,15H,2-5,19H2,1H3,(H,20,21,22,23,24)/t15-/m1/s1. The maximum atomic E-state index is 6.29. The average molecular weight is 335 g/mol. The van der Waals surface area contributed by atoms with E-state index in [4.69, 9.17) is 5.73 Å². The molecule has 1 aliphatic rings. The quantitative estimate of drug-likeness (QED) is 0.715. The second kappa shape index (κ2) is 6.60. The SMILES string of the molecule is Cn1ccc(Nc2ncnc(-c3ccc4c(c3)CCCC[C@H]4N)n2)n1. The second-order valence-electron chi connectivity index (χ2n) is 6.40. The molecule has 1 atom stereocenters. The summed E-state index contributed by atoms with van der Waals surface area (Å²) in [5, 5.41) is 7.38. The summed E-state index contributed by atoms with van der Waals surface area (Å²) in [7, 11) is 1.87. The van der Waals surface area contributed by atoms with Gasteiger partial charge in [0.2, 0.25) is 5.95 Å². The Bertz CT molecular complexity index is 887. The van der Waals surface area contributed by atoms with Crippen LogP contribution in [-0.2, 0) is 13.5 Å². The van der Waals surface area contributed by atoms with Gasteiger partial charge in [0.1, 0.15) is 6.33 Å². The van der Waals surface area contributed by atoms with Crippen molar-refractivity contribution < 1.29 is 0 Å². The number of hydrogen-bond donors (Lipinski definition) is 2. The van der Waals surface area contributed by atoms with Crippen LogP contribution in [0, 0.1) is 0 Å². The molecule has 3 N–H and O–H groups in total. The average Bonchev–Trinajstić information content (AvgIpc) is 2.93. The molecule has 4 rings (SSSR count). The molecule has 128 valence electrons. The fraction of sp³-hybridized carbons (Fsp3) is 0.333. The van der Waals surface area contributed by atoms with Gasteiger partial charge in [-0.05, 0) is 36.5 Å². The number of nitrogens with two attached hydrogens (primary N) is 1. The van der Waals surface area contributed by atoms with Gasteiger partial charge in [0.15, 0.2) is 11.6 Å². The molecular formula is C18H21N7. The van der Waals surface area contributed by atoms with Crippen molar-refractivity contribution in [2.75, 3.05) is 5.32 Å². The van der Waals surface area contributed by atoms with E-state index < -0.39 is 0 Å². The number of nitrogens with one attached hydrogen (secondary N) is 1. The van der Waals surface area contributed by atoms with E-state index in [9.17, 15) is 0 Å². The maximum Gasteiger partial charge on any atom is 0.231 e. The molecule has 0 spiro atoms. The summed E-state index contributed by atoms with van der Waals surface area (Å²) in [6.07, 6.45) is 7.84. The monoisotopic (exact) mass is 335 g/mol.